The summed E-state index contributed by atoms with van der Waals surface area (Å²) in [7, 11) is 0. The standard InChI is InChI=1S/C24H22ClNO2.C2H6/c1-14(2)16-5-7-20-21(12-26-22(20)10-16)23(27)13-28-24-11-17-4-6-19(25)9-18(17)8-15(24)3;1-2/h4-12,14,26H,13H2,1-3H3;1-2H3. The predicted molar refractivity (Wildman–Crippen MR) is 127 cm³/mol. The summed E-state index contributed by atoms with van der Waals surface area (Å²) in [5.74, 6) is 1.12. The lowest BCUT2D eigenvalue weighted by Crippen LogP contribution is -2.11. The fourth-order valence-electron chi connectivity index (χ4n) is 3.47. The lowest BCUT2D eigenvalue weighted by Gasteiger charge is -2.10. The van der Waals surface area contributed by atoms with Crippen LogP contribution in [0, 0.1) is 6.92 Å². The van der Waals surface area contributed by atoms with Crippen LogP contribution in [-0.4, -0.2) is 17.4 Å². The molecule has 3 aromatic carbocycles. The number of rotatable bonds is 5. The van der Waals surface area contributed by atoms with Crippen LogP contribution in [0.1, 0.15) is 55.1 Å². The summed E-state index contributed by atoms with van der Waals surface area (Å²) in [6, 6.07) is 15.9. The maximum Gasteiger partial charge on any atom is 0.202 e. The summed E-state index contributed by atoms with van der Waals surface area (Å²) < 4.78 is 5.88. The second-order valence-corrected chi connectivity index (χ2v) is 7.92. The number of halogens is 1. The predicted octanol–water partition coefficient (Wildman–Crippen LogP) is 7.69. The van der Waals surface area contributed by atoms with Crippen molar-refractivity contribution >= 4 is 39.1 Å². The number of carbonyl (C=O) groups excluding carboxylic acids is 1. The molecule has 4 heteroatoms. The molecule has 0 bridgehead atoms. The van der Waals surface area contributed by atoms with Crippen molar-refractivity contribution in [3.05, 3.63) is 76.4 Å². The summed E-state index contributed by atoms with van der Waals surface area (Å²) in [4.78, 5) is 16.0. The van der Waals surface area contributed by atoms with Gasteiger partial charge in [0.2, 0.25) is 5.78 Å². The number of aromatic amines is 1. The molecule has 4 rings (SSSR count). The maximum absolute atomic E-state index is 12.8. The molecule has 0 unspecified atom stereocenters. The zero-order valence-electron chi connectivity index (χ0n) is 18.2. The van der Waals surface area contributed by atoms with E-state index in [9.17, 15) is 4.79 Å². The molecule has 1 N–H and O–H groups in total. The van der Waals surface area contributed by atoms with E-state index in [0.717, 1.165) is 27.2 Å². The van der Waals surface area contributed by atoms with Crippen LogP contribution in [-0.2, 0) is 0 Å². The molecule has 0 spiro atoms. The van der Waals surface area contributed by atoms with Crippen LogP contribution >= 0.6 is 11.6 Å². The lowest BCUT2D eigenvalue weighted by molar-refractivity contribution is 0.0923. The molecule has 0 aliphatic carbocycles. The number of ketones is 1. The van der Waals surface area contributed by atoms with E-state index in [4.69, 9.17) is 16.3 Å². The molecule has 0 aliphatic heterocycles. The highest BCUT2D eigenvalue weighted by molar-refractivity contribution is 6.31. The third-order valence-electron chi connectivity index (χ3n) is 5.13. The zero-order chi connectivity index (χ0) is 21.8. The van der Waals surface area contributed by atoms with Crippen LogP contribution in [0.25, 0.3) is 21.7 Å². The van der Waals surface area contributed by atoms with E-state index in [1.807, 2.05) is 57.2 Å². The summed E-state index contributed by atoms with van der Waals surface area (Å²) >= 11 is 6.07. The number of Topliss-reactive ketones (excluding diaryl/α,β-unsaturated/α-hetero) is 1. The molecule has 1 heterocycles. The van der Waals surface area contributed by atoms with E-state index >= 15 is 0 Å². The molecule has 0 saturated carbocycles. The largest absolute Gasteiger partial charge is 0.485 e. The van der Waals surface area contributed by atoms with Gasteiger partial charge in [-0.3, -0.25) is 4.79 Å². The van der Waals surface area contributed by atoms with E-state index in [0.29, 0.717) is 22.3 Å². The molecule has 0 aliphatic rings. The third kappa shape index (κ3) is 4.52. The highest BCUT2D eigenvalue weighted by Crippen LogP contribution is 2.28. The second kappa shape index (κ2) is 9.36. The van der Waals surface area contributed by atoms with E-state index < -0.39 is 0 Å². The third-order valence-corrected chi connectivity index (χ3v) is 5.36. The van der Waals surface area contributed by atoms with Crippen molar-refractivity contribution < 1.29 is 9.53 Å². The van der Waals surface area contributed by atoms with Gasteiger partial charge in [-0.05, 0) is 65.1 Å². The lowest BCUT2D eigenvalue weighted by atomic mass is 10.0. The maximum atomic E-state index is 12.8. The van der Waals surface area contributed by atoms with Gasteiger partial charge in [-0.25, -0.2) is 0 Å². The van der Waals surface area contributed by atoms with Crippen LogP contribution in [0.5, 0.6) is 5.75 Å². The van der Waals surface area contributed by atoms with Gasteiger partial charge in [0.25, 0.3) is 0 Å². The molecular formula is C26H28ClNO2. The Morgan fingerprint density at radius 2 is 1.80 bits per heavy atom. The first-order valence-corrected chi connectivity index (χ1v) is 10.8. The van der Waals surface area contributed by atoms with Gasteiger partial charge in [0, 0.05) is 27.7 Å². The zero-order valence-corrected chi connectivity index (χ0v) is 18.9. The van der Waals surface area contributed by atoms with Gasteiger partial charge in [0.15, 0.2) is 6.61 Å². The Hall–Kier alpha value is -2.78. The van der Waals surface area contributed by atoms with Crippen LogP contribution in [0.4, 0.5) is 0 Å². The molecule has 0 amide bonds. The van der Waals surface area contributed by atoms with Crippen molar-refractivity contribution in [1.29, 1.82) is 0 Å². The molecule has 30 heavy (non-hydrogen) atoms. The number of fused-ring (bicyclic) bond motifs is 2. The van der Waals surface area contributed by atoms with Crippen LogP contribution < -0.4 is 4.74 Å². The quantitative estimate of drug-likeness (QED) is 0.335. The molecule has 0 saturated heterocycles. The molecule has 4 aromatic rings. The Bertz CT molecular complexity index is 1190. The monoisotopic (exact) mass is 421 g/mol. The first-order valence-electron chi connectivity index (χ1n) is 10.4. The van der Waals surface area contributed by atoms with Gasteiger partial charge in [-0.15, -0.1) is 0 Å². The first-order chi connectivity index (χ1) is 14.4. The number of ether oxygens (including phenoxy) is 1. The summed E-state index contributed by atoms with van der Waals surface area (Å²) in [6.45, 7) is 10.3. The Morgan fingerprint density at radius 1 is 1.03 bits per heavy atom. The molecule has 0 atom stereocenters. The number of H-pyrrole nitrogens is 1. The van der Waals surface area contributed by atoms with Crippen molar-refractivity contribution in [2.45, 2.75) is 40.5 Å². The minimum atomic E-state index is -0.0425. The fourth-order valence-corrected chi connectivity index (χ4v) is 3.65. The molecule has 0 radical (unpaired) electrons. The van der Waals surface area contributed by atoms with E-state index in [2.05, 4.69) is 31.0 Å². The van der Waals surface area contributed by atoms with Gasteiger partial charge in [-0.2, -0.15) is 0 Å². The summed E-state index contributed by atoms with van der Waals surface area (Å²) in [6.07, 6.45) is 1.77. The van der Waals surface area contributed by atoms with Crippen LogP contribution in [0.15, 0.2) is 54.7 Å². The van der Waals surface area contributed by atoms with Crippen molar-refractivity contribution in [1.82, 2.24) is 4.98 Å². The average molecular weight is 422 g/mol. The van der Waals surface area contributed by atoms with Gasteiger partial charge < -0.3 is 9.72 Å². The van der Waals surface area contributed by atoms with E-state index in [1.54, 1.807) is 6.20 Å². The van der Waals surface area contributed by atoms with Crippen LogP contribution in [0.3, 0.4) is 0 Å². The molecule has 1 aromatic heterocycles. The molecule has 156 valence electrons. The Balaban J connectivity index is 0.00000124. The fraction of sp³-hybridized carbons (Fsp3) is 0.269. The number of hydrogen-bond acceptors (Lipinski definition) is 2. The van der Waals surface area contributed by atoms with Crippen molar-refractivity contribution in [2.24, 2.45) is 0 Å². The van der Waals surface area contributed by atoms with Crippen molar-refractivity contribution in [3.8, 4) is 5.75 Å². The first kappa shape index (κ1) is 21.9. The number of carbonyl (C=O) groups is 1. The van der Waals surface area contributed by atoms with Gasteiger partial charge in [0.1, 0.15) is 5.75 Å². The SMILES string of the molecule is CC.Cc1cc2cc(Cl)ccc2cc1OCC(=O)c1c[nH]c2cc(C(C)C)ccc12. The highest BCUT2D eigenvalue weighted by Gasteiger charge is 2.14. The number of nitrogens with one attached hydrogen (secondary N) is 1. The normalized spacial score (nSPS) is 10.9. The minimum absolute atomic E-state index is 0.00117. The smallest absolute Gasteiger partial charge is 0.202 e. The molecular weight excluding hydrogens is 394 g/mol. The topological polar surface area (TPSA) is 42.1 Å². The highest BCUT2D eigenvalue weighted by atomic mass is 35.5. The molecule has 0 fully saturated rings. The summed E-state index contributed by atoms with van der Waals surface area (Å²) in [5.41, 5.74) is 3.86. The Kier molecular flexibility index (Phi) is 6.84. The van der Waals surface area contributed by atoms with E-state index in [-0.39, 0.29) is 12.4 Å². The average Bonchev–Trinajstić information content (AvgIpc) is 3.17. The Morgan fingerprint density at radius 3 is 2.53 bits per heavy atom. The van der Waals surface area contributed by atoms with Gasteiger partial charge >= 0.3 is 0 Å². The number of hydrogen-bond donors (Lipinski definition) is 1. The van der Waals surface area contributed by atoms with Crippen molar-refractivity contribution in [2.75, 3.05) is 6.61 Å². The minimum Gasteiger partial charge on any atom is -0.485 e. The molecule has 3 nitrogen and oxygen atoms in total. The Labute approximate surface area is 183 Å². The van der Waals surface area contributed by atoms with Crippen molar-refractivity contribution in [3.63, 3.8) is 0 Å². The number of aryl methyl sites for hydroxylation is 1. The van der Waals surface area contributed by atoms with Gasteiger partial charge in [-0.1, -0.05) is 57.5 Å². The van der Waals surface area contributed by atoms with Crippen LogP contribution in [0.2, 0.25) is 5.02 Å². The van der Waals surface area contributed by atoms with E-state index in [1.165, 1.54) is 5.56 Å². The second-order valence-electron chi connectivity index (χ2n) is 7.48. The van der Waals surface area contributed by atoms with Gasteiger partial charge in [0.05, 0.1) is 0 Å². The number of benzene rings is 3. The number of aromatic nitrogens is 1. The summed E-state index contributed by atoms with van der Waals surface area (Å²) in [5, 5.41) is 3.73.